The van der Waals surface area contributed by atoms with E-state index in [1.807, 2.05) is 12.1 Å². The van der Waals surface area contributed by atoms with Crippen molar-refractivity contribution in [2.45, 2.75) is 26.2 Å². The van der Waals surface area contributed by atoms with E-state index in [0.717, 1.165) is 5.56 Å². The molecule has 0 radical (unpaired) electrons. The minimum Gasteiger partial charge on any atom is -0.472 e. The van der Waals surface area contributed by atoms with Crippen molar-refractivity contribution in [2.75, 3.05) is 6.61 Å². The van der Waals surface area contributed by atoms with Crippen LogP contribution in [0, 0.1) is 0 Å². The normalized spacial score (nSPS) is 11.5. The van der Waals surface area contributed by atoms with E-state index in [-0.39, 0.29) is 5.97 Å². The summed E-state index contributed by atoms with van der Waals surface area (Å²) < 4.78 is 16.3. The SMILES string of the molecule is CCOC(=O)C(C)(C)c1nc(-c2ccc(Cl)cc2)oc1-c1ccoc1. The van der Waals surface area contributed by atoms with Crippen LogP contribution in [0.25, 0.3) is 22.8 Å². The Kier molecular flexibility index (Phi) is 4.68. The molecule has 0 saturated carbocycles. The summed E-state index contributed by atoms with van der Waals surface area (Å²) in [6.07, 6.45) is 3.10. The molecule has 0 fully saturated rings. The number of rotatable bonds is 5. The third-order valence-electron chi connectivity index (χ3n) is 3.88. The van der Waals surface area contributed by atoms with Crippen molar-refractivity contribution in [2.24, 2.45) is 0 Å². The van der Waals surface area contributed by atoms with Crippen molar-refractivity contribution >= 4 is 17.6 Å². The molecule has 25 heavy (non-hydrogen) atoms. The summed E-state index contributed by atoms with van der Waals surface area (Å²) in [5.74, 6) is 0.521. The fourth-order valence-electron chi connectivity index (χ4n) is 2.46. The second-order valence-electron chi connectivity index (χ2n) is 6.06. The summed E-state index contributed by atoms with van der Waals surface area (Å²) in [4.78, 5) is 17.0. The van der Waals surface area contributed by atoms with Crippen LogP contribution in [0.5, 0.6) is 0 Å². The minimum atomic E-state index is -0.975. The Morgan fingerprint density at radius 2 is 1.92 bits per heavy atom. The maximum Gasteiger partial charge on any atom is 0.317 e. The average molecular weight is 360 g/mol. The van der Waals surface area contributed by atoms with Gasteiger partial charge in [-0.3, -0.25) is 4.79 Å². The van der Waals surface area contributed by atoms with Gasteiger partial charge in [-0.25, -0.2) is 4.98 Å². The highest BCUT2D eigenvalue weighted by Crippen LogP contribution is 2.37. The molecule has 0 unspecified atom stereocenters. The predicted octanol–water partition coefficient (Wildman–Crippen LogP) is 5.10. The van der Waals surface area contributed by atoms with Crippen molar-refractivity contribution < 1.29 is 18.4 Å². The van der Waals surface area contributed by atoms with Crippen molar-refractivity contribution in [1.82, 2.24) is 4.98 Å². The first kappa shape index (κ1) is 17.3. The Morgan fingerprint density at radius 3 is 2.52 bits per heavy atom. The van der Waals surface area contributed by atoms with Gasteiger partial charge in [-0.1, -0.05) is 11.6 Å². The molecule has 0 aliphatic heterocycles. The van der Waals surface area contributed by atoms with Crippen molar-refractivity contribution in [3.05, 3.63) is 53.6 Å². The second-order valence-corrected chi connectivity index (χ2v) is 6.50. The van der Waals surface area contributed by atoms with Crippen LogP contribution in [0.2, 0.25) is 5.02 Å². The fourth-order valence-corrected chi connectivity index (χ4v) is 2.58. The van der Waals surface area contributed by atoms with E-state index in [1.54, 1.807) is 51.5 Å². The fraction of sp³-hybridized carbons (Fsp3) is 0.263. The predicted molar refractivity (Wildman–Crippen MR) is 94.3 cm³/mol. The topological polar surface area (TPSA) is 65.5 Å². The van der Waals surface area contributed by atoms with Crippen LogP contribution in [-0.2, 0) is 14.9 Å². The van der Waals surface area contributed by atoms with E-state index in [4.69, 9.17) is 25.2 Å². The molecule has 130 valence electrons. The highest BCUT2D eigenvalue weighted by molar-refractivity contribution is 6.30. The Balaban J connectivity index is 2.13. The molecule has 1 aromatic carbocycles. The number of carbonyl (C=O) groups is 1. The Labute approximate surface area is 150 Å². The molecule has 0 N–H and O–H groups in total. The summed E-state index contributed by atoms with van der Waals surface area (Å²) in [7, 11) is 0. The standard InChI is InChI=1S/C19H18ClNO4/c1-4-24-18(22)19(2,3)16-15(13-9-10-23-11-13)25-17(21-16)12-5-7-14(20)8-6-12/h5-11H,4H2,1-3H3. The maximum absolute atomic E-state index is 12.4. The number of furan rings is 1. The number of halogens is 1. The van der Waals surface area contributed by atoms with Gasteiger partial charge >= 0.3 is 5.97 Å². The molecule has 0 atom stereocenters. The van der Waals surface area contributed by atoms with E-state index >= 15 is 0 Å². The van der Waals surface area contributed by atoms with Crippen molar-refractivity contribution in [3.63, 3.8) is 0 Å². The molecular formula is C19H18ClNO4. The van der Waals surface area contributed by atoms with Crippen LogP contribution in [0.15, 0.2) is 51.7 Å². The summed E-state index contributed by atoms with van der Waals surface area (Å²) in [6.45, 7) is 5.59. The van der Waals surface area contributed by atoms with Gasteiger partial charge in [-0.05, 0) is 51.1 Å². The lowest BCUT2D eigenvalue weighted by atomic mass is 9.87. The van der Waals surface area contributed by atoms with Gasteiger partial charge in [0.25, 0.3) is 0 Å². The molecule has 2 aromatic heterocycles. The number of hydrogen-bond acceptors (Lipinski definition) is 5. The number of ether oxygens (including phenoxy) is 1. The first-order chi connectivity index (χ1) is 11.9. The van der Waals surface area contributed by atoms with Gasteiger partial charge in [0.1, 0.15) is 17.4 Å². The third-order valence-corrected chi connectivity index (χ3v) is 4.13. The van der Waals surface area contributed by atoms with Crippen molar-refractivity contribution in [1.29, 1.82) is 0 Å². The van der Waals surface area contributed by atoms with Crippen molar-refractivity contribution in [3.8, 4) is 22.8 Å². The molecule has 5 nitrogen and oxygen atoms in total. The highest BCUT2D eigenvalue weighted by Gasteiger charge is 2.38. The van der Waals surface area contributed by atoms with Gasteiger partial charge < -0.3 is 13.6 Å². The molecule has 3 aromatic rings. The zero-order valence-corrected chi connectivity index (χ0v) is 15.0. The number of aromatic nitrogens is 1. The van der Waals surface area contributed by atoms with E-state index in [9.17, 15) is 4.79 Å². The monoisotopic (exact) mass is 359 g/mol. The Hall–Kier alpha value is -2.53. The summed E-state index contributed by atoms with van der Waals surface area (Å²) in [6, 6.07) is 8.91. The number of esters is 1. The van der Waals surface area contributed by atoms with Gasteiger partial charge in [0.15, 0.2) is 5.76 Å². The smallest absolute Gasteiger partial charge is 0.317 e. The molecular weight excluding hydrogens is 342 g/mol. The van der Waals surface area contributed by atoms with Crippen LogP contribution < -0.4 is 0 Å². The number of benzene rings is 1. The van der Waals surface area contributed by atoms with Crippen LogP contribution in [0.3, 0.4) is 0 Å². The highest BCUT2D eigenvalue weighted by atomic mass is 35.5. The Bertz CT molecular complexity index is 863. The van der Waals surface area contributed by atoms with E-state index < -0.39 is 5.41 Å². The maximum atomic E-state index is 12.4. The largest absolute Gasteiger partial charge is 0.472 e. The zero-order valence-electron chi connectivity index (χ0n) is 14.2. The summed E-state index contributed by atoms with van der Waals surface area (Å²) in [5, 5.41) is 0.623. The Morgan fingerprint density at radius 1 is 1.20 bits per heavy atom. The van der Waals surface area contributed by atoms with Crippen LogP contribution >= 0.6 is 11.6 Å². The van der Waals surface area contributed by atoms with Gasteiger partial charge in [-0.15, -0.1) is 0 Å². The quantitative estimate of drug-likeness (QED) is 0.593. The van der Waals surface area contributed by atoms with Gasteiger partial charge in [0, 0.05) is 10.6 Å². The summed E-state index contributed by atoms with van der Waals surface area (Å²) >= 11 is 5.94. The van der Waals surface area contributed by atoms with Gasteiger partial charge in [-0.2, -0.15) is 0 Å². The first-order valence-electron chi connectivity index (χ1n) is 7.90. The molecule has 0 aliphatic carbocycles. The number of nitrogens with zero attached hydrogens (tertiary/aromatic N) is 1. The third kappa shape index (κ3) is 3.33. The van der Waals surface area contributed by atoms with Gasteiger partial charge in [0.2, 0.25) is 5.89 Å². The number of oxazole rings is 1. The molecule has 2 heterocycles. The average Bonchev–Trinajstić information content (AvgIpc) is 3.25. The number of carbonyl (C=O) groups excluding carboxylic acids is 1. The lowest BCUT2D eigenvalue weighted by molar-refractivity contribution is -0.148. The van der Waals surface area contributed by atoms with E-state index in [1.165, 1.54) is 0 Å². The zero-order chi connectivity index (χ0) is 18.0. The molecule has 0 spiro atoms. The minimum absolute atomic E-state index is 0.297. The molecule has 0 saturated heterocycles. The molecule has 0 bridgehead atoms. The number of hydrogen-bond donors (Lipinski definition) is 0. The molecule has 3 rings (SSSR count). The van der Waals surface area contributed by atoms with E-state index in [0.29, 0.717) is 34.5 Å². The van der Waals surface area contributed by atoms with Crippen LogP contribution in [-0.4, -0.2) is 17.6 Å². The summed E-state index contributed by atoms with van der Waals surface area (Å²) in [5.41, 5.74) is 0.994. The lowest BCUT2D eigenvalue weighted by Crippen LogP contribution is -2.32. The lowest BCUT2D eigenvalue weighted by Gasteiger charge is -2.20. The first-order valence-corrected chi connectivity index (χ1v) is 8.28. The molecule has 0 aliphatic rings. The molecule has 0 amide bonds. The molecule has 6 heteroatoms. The van der Waals surface area contributed by atoms with Gasteiger partial charge in [0.05, 0.1) is 18.4 Å². The van der Waals surface area contributed by atoms with Crippen LogP contribution in [0.1, 0.15) is 26.5 Å². The van der Waals surface area contributed by atoms with E-state index in [2.05, 4.69) is 4.98 Å². The second kappa shape index (κ2) is 6.76. The van der Waals surface area contributed by atoms with Crippen LogP contribution in [0.4, 0.5) is 0 Å².